The summed E-state index contributed by atoms with van der Waals surface area (Å²) in [6, 6.07) is 7.53. The number of carbonyl (C=O) groups excluding carboxylic acids is 2. The molecule has 27 heavy (non-hydrogen) atoms. The van der Waals surface area contributed by atoms with Gasteiger partial charge in [-0.25, -0.2) is 0 Å². The molecule has 1 heterocycles. The summed E-state index contributed by atoms with van der Waals surface area (Å²) in [7, 11) is 0. The highest BCUT2D eigenvalue weighted by molar-refractivity contribution is 6.31. The van der Waals surface area contributed by atoms with E-state index in [4.69, 9.17) is 16.7 Å². The van der Waals surface area contributed by atoms with Crippen LogP contribution in [0.3, 0.4) is 0 Å². The van der Waals surface area contributed by atoms with E-state index in [2.05, 4.69) is 0 Å². The maximum atomic E-state index is 12.9. The summed E-state index contributed by atoms with van der Waals surface area (Å²) in [5.74, 6) is -0.936. The predicted molar refractivity (Wildman–Crippen MR) is 102 cm³/mol. The van der Waals surface area contributed by atoms with Crippen molar-refractivity contribution in [2.45, 2.75) is 44.6 Å². The van der Waals surface area contributed by atoms with Gasteiger partial charge in [-0.05, 0) is 43.2 Å². The Kier molecular flexibility index (Phi) is 6.05. The second-order valence-electron chi connectivity index (χ2n) is 7.42. The normalized spacial score (nSPS) is 24.8. The van der Waals surface area contributed by atoms with Crippen molar-refractivity contribution in [2.24, 2.45) is 5.92 Å². The van der Waals surface area contributed by atoms with E-state index in [1.807, 2.05) is 29.2 Å². The van der Waals surface area contributed by atoms with Gasteiger partial charge in [0, 0.05) is 37.0 Å². The van der Waals surface area contributed by atoms with Crippen molar-refractivity contribution < 1.29 is 19.5 Å². The maximum absolute atomic E-state index is 12.9. The van der Waals surface area contributed by atoms with Crippen molar-refractivity contribution in [1.82, 2.24) is 9.80 Å². The van der Waals surface area contributed by atoms with Crippen LogP contribution in [0.2, 0.25) is 5.02 Å². The van der Waals surface area contributed by atoms with E-state index in [9.17, 15) is 14.4 Å². The lowest BCUT2D eigenvalue weighted by molar-refractivity contribution is -0.145. The van der Waals surface area contributed by atoms with E-state index in [1.165, 1.54) is 11.8 Å². The lowest BCUT2D eigenvalue weighted by Crippen LogP contribution is -2.43. The zero-order valence-corrected chi connectivity index (χ0v) is 16.2. The van der Waals surface area contributed by atoms with Crippen LogP contribution in [-0.2, 0) is 14.4 Å². The van der Waals surface area contributed by atoms with Gasteiger partial charge in [0.1, 0.15) is 6.54 Å². The van der Waals surface area contributed by atoms with Gasteiger partial charge in [-0.3, -0.25) is 14.4 Å². The van der Waals surface area contributed by atoms with Crippen LogP contribution in [0.15, 0.2) is 24.3 Å². The van der Waals surface area contributed by atoms with Gasteiger partial charge >= 0.3 is 5.97 Å². The molecule has 1 aromatic rings. The van der Waals surface area contributed by atoms with Crippen molar-refractivity contribution in [1.29, 1.82) is 0 Å². The van der Waals surface area contributed by atoms with Gasteiger partial charge in [-0.15, -0.1) is 0 Å². The van der Waals surface area contributed by atoms with Crippen LogP contribution in [0.25, 0.3) is 0 Å². The topological polar surface area (TPSA) is 77.9 Å². The average molecular weight is 393 g/mol. The van der Waals surface area contributed by atoms with Crippen LogP contribution in [0.4, 0.5) is 0 Å². The number of nitrogens with zero attached hydrogens (tertiary/aromatic N) is 2. The molecule has 1 aliphatic carbocycles. The van der Waals surface area contributed by atoms with Gasteiger partial charge in [-0.1, -0.05) is 29.8 Å². The number of hydrogen-bond acceptors (Lipinski definition) is 3. The summed E-state index contributed by atoms with van der Waals surface area (Å²) >= 11 is 6.26. The first-order valence-electron chi connectivity index (χ1n) is 9.40. The Morgan fingerprint density at radius 1 is 1.22 bits per heavy atom. The van der Waals surface area contributed by atoms with E-state index in [0.29, 0.717) is 24.5 Å². The number of carboxylic acids is 1. The Morgan fingerprint density at radius 3 is 2.63 bits per heavy atom. The monoisotopic (exact) mass is 392 g/mol. The van der Waals surface area contributed by atoms with Crippen LogP contribution >= 0.6 is 11.6 Å². The first-order valence-corrected chi connectivity index (χ1v) is 9.78. The second kappa shape index (κ2) is 8.30. The summed E-state index contributed by atoms with van der Waals surface area (Å²) in [5, 5.41) is 9.75. The average Bonchev–Trinajstić information content (AvgIpc) is 3.43. The zero-order chi connectivity index (χ0) is 19.6. The Balaban J connectivity index is 1.60. The maximum Gasteiger partial charge on any atom is 0.323 e. The summed E-state index contributed by atoms with van der Waals surface area (Å²) in [6.07, 6.45) is 2.92. The SMILES string of the molecule is CC(=O)N(CC(=O)O)C1CCCN(C(=O)C2CC2c2ccccc2Cl)CC1. The highest BCUT2D eigenvalue weighted by Crippen LogP contribution is 2.50. The summed E-state index contributed by atoms with van der Waals surface area (Å²) in [6.45, 7) is 2.32. The predicted octanol–water partition coefficient (Wildman–Crippen LogP) is 2.76. The minimum absolute atomic E-state index is 0.0237. The van der Waals surface area contributed by atoms with E-state index in [0.717, 1.165) is 24.8 Å². The molecule has 146 valence electrons. The molecule has 6 nitrogen and oxygen atoms in total. The molecule has 1 saturated heterocycles. The molecule has 3 atom stereocenters. The number of amides is 2. The molecular weight excluding hydrogens is 368 g/mol. The fraction of sp³-hybridized carbons (Fsp3) is 0.550. The van der Waals surface area contributed by atoms with Crippen molar-refractivity contribution in [2.75, 3.05) is 19.6 Å². The number of hydrogen-bond donors (Lipinski definition) is 1. The fourth-order valence-electron chi connectivity index (χ4n) is 4.08. The molecule has 2 fully saturated rings. The third-order valence-electron chi connectivity index (χ3n) is 5.57. The van der Waals surface area contributed by atoms with E-state index in [1.54, 1.807) is 0 Å². The van der Waals surface area contributed by atoms with Gasteiger partial charge in [-0.2, -0.15) is 0 Å². The number of benzene rings is 1. The van der Waals surface area contributed by atoms with Crippen molar-refractivity contribution in [3.63, 3.8) is 0 Å². The van der Waals surface area contributed by atoms with Gasteiger partial charge in [0.15, 0.2) is 0 Å². The second-order valence-corrected chi connectivity index (χ2v) is 7.83. The highest BCUT2D eigenvalue weighted by Gasteiger charge is 2.46. The Labute approximate surface area is 164 Å². The molecule has 1 aromatic carbocycles. The van der Waals surface area contributed by atoms with Crippen molar-refractivity contribution >= 4 is 29.4 Å². The van der Waals surface area contributed by atoms with Gasteiger partial charge in [0.25, 0.3) is 0 Å². The molecule has 3 unspecified atom stereocenters. The first kappa shape index (κ1) is 19.7. The number of rotatable bonds is 5. The molecule has 1 N–H and O–H groups in total. The quantitative estimate of drug-likeness (QED) is 0.835. The summed E-state index contributed by atoms with van der Waals surface area (Å²) < 4.78 is 0. The minimum Gasteiger partial charge on any atom is -0.480 e. The van der Waals surface area contributed by atoms with Crippen LogP contribution in [0.1, 0.15) is 44.1 Å². The summed E-state index contributed by atoms with van der Waals surface area (Å²) in [5.41, 5.74) is 1.04. The number of carbonyl (C=O) groups is 3. The summed E-state index contributed by atoms with van der Waals surface area (Å²) in [4.78, 5) is 39.1. The van der Waals surface area contributed by atoms with E-state index in [-0.39, 0.29) is 36.2 Å². The fourth-order valence-corrected chi connectivity index (χ4v) is 4.35. The Bertz CT molecular complexity index is 738. The standard InChI is InChI=1S/C20H25ClN2O4/c1-13(24)23(12-19(25)26)14-5-4-9-22(10-8-14)20(27)17-11-16(17)15-6-2-3-7-18(15)21/h2-3,6-7,14,16-17H,4-5,8-12H2,1H3,(H,25,26). The molecule has 3 rings (SSSR count). The van der Waals surface area contributed by atoms with E-state index >= 15 is 0 Å². The first-order chi connectivity index (χ1) is 12.9. The van der Waals surface area contributed by atoms with Crippen LogP contribution in [0.5, 0.6) is 0 Å². The van der Waals surface area contributed by atoms with Gasteiger partial charge in [0.2, 0.25) is 11.8 Å². The molecule has 1 saturated carbocycles. The molecule has 0 bridgehead atoms. The zero-order valence-electron chi connectivity index (χ0n) is 15.4. The van der Waals surface area contributed by atoms with Crippen LogP contribution in [0, 0.1) is 5.92 Å². The molecule has 0 aromatic heterocycles. The van der Waals surface area contributed by atoms with Crippen LogP contribution < -0.4 is 0 Å². The third kappa shape index (κ3) is 4.61. The smallest absolute Gasteiger partial charge is 0.323 e. The lowest BCUT2D eigenvalue weighted by atomic mass is 10.1. The molecule has 0 radical (unpaired) electrons. The Morgan fingerprint density at radius 2 is 1.96 bits per heavy atom. The van der Waals surface area contributed by atoms with E-state index < -0.39 is 5.97 Å². The van der Waals surface area contributed by atoms with Crippen molar-refractivity contribution in [3.8, 4) is 0 Å². The number of carboxylic acid groups (broad SMARTS) is 1. The molecule has 1 aliphatic heterocycles. The molecule has 7 heteroatoms. The van der Waals surface area contributed by atoms with Crippen molar-refractivity contribution in [3.05, 3.63) is 34.9 Å². The third-order valence-corrected chi connectivity index (χ3v) is 5.92. The van der Waals surface area contributed by atoms with Crippen LogP contribution in [-0.4, -0.2) is 58.4 Å². The largest absolute Gasteiger partial charge is 0.480 e. The van der Waals surface area contributed by atoms with Gasteiger partial charge in [0.05, 0.1) is 0 Å². The van der Waals surface area contributed by atoms with Gasteiger partial charge < -0.3 is 14.9 Å². The molecule has 2 amide bonds. The number of likely N-dealkylation sites (tertiary alicyclic amines) is 1. The molecular formula is C20H25ClN2O4. The Hall–Kier alpha value is -2.08. The molecule has 0 spiro atoms. The number of halogens is 1. The lowest BCUT2D eigenvalue weighted by Gasteiger charge is -2.29. The highest BCUT2D eigenvalue weighted by atomic mass is 35.5. The molecule has 2 aliphatic rings. The number of aliphatic carboxylic acids is 1. The minimum atomic E-state index is -1.01.